The lowest BCUT2D eigenvalue weighted by Crippen LogP contribution is -1.70. The summed E-state index contributed by atoms with van der Waals surface area (Å²) in [6.45, 7) is 2.20. The van der Waals surface area contributed by atoms with Gasteiger partial charge < -0.3 is 5.11 Å². The van der Waals surface area contributed by atoms with Gasteiger partial charge in [0.05, 0.1) is 6.61 Å². The summed E-state index contributed by atoms with van der Waals surface area (Å²) in [4.78, 5) is 1.04. The van der Waals surface area contributed by atoms with Crippen LogP contribution in [0.5, 0.6) is 0 Å². The third-order valence-corrected chi connectivity index (χ3v) is 1.98. The second-order valence-electron chi connectivity index (χ2n) is 1.75. The summed E-state index contributed by atoms with van der Waals surface area (Å²) in [5.74, 6) is 0. The first-order valence-electron chi connectivity index (χ1n) is 2.48. The lowest BCUT2D eigenvalue weighted by atomic mass is 10.3. The first-order valence-corrected chi connectivity index (χ1v) is 3.36. The van der Waals surface area contributed by atoms with Gasteiger partial charge in [-0.15, -0.1) is 11.3 Å². The normalized spacial score (nSPS) is 9.75. The van der Waals surface area contributed by atoms with Crippen LogP contribution in [0.2, 0.25) is 0 Å². The van der Waals surface area contributed by atoms with Crippen molar-refractivity contribution in [3.63, 3.8) is 0 Å². The fraction of sp³-hybridized carbons (Fsp3) is 0.333. The van der Waals surface area contributed by atoms with Gasteiger partial charge in [0.2, 0.25) is 0 Å². The predicted molar refractivity (Wildman–Crippen MR) is 35.0 cm³/mol. The first-order chi connectivity index (χ1) is 3.83. The maximum atomic E-state index is 8.56. The van der Waals surface area contributed by atoms with Crippen LogP contribution >= 0.6 is 11.3 Å². The molecule has 0 bridgehead atoms. The van der Waals surface area contributed by atoms with E-state index in [-0.39, 0.29) is 6.61 Å². The van der Waals surface area contributed by atoms with Crippen LogP contribution in [0.15, 0.2) is 11.4 Å². The van der Waals surface area contributed by atoms with Crippen molar-refractivity contribution in [2.45, 2.75) is 13.5 Å². The highest BCUT2D eigenvalue weighted by atomic mass is 32.1. The maximum absolute atomic E-state index is 8.56. The summed E-state index contributed by atoms with van der Waals surface area (Å²) in [6, 6.07) is 1.99. The van der Waals surface area contributed by atoms with E-state index in [1.54, 1.807) is 11.3 Å². The van der Waals surface area contributed by atoms with E-state index >= 15 is 0 Å². The van der Waals surface area contributed by atoms with Crippen LogP contribution < -0.4 is 0 Å². The van der Waals surface area contributed by atoms with E-state index in [0.717, 1.165) is 4.88 Å². The monoisotopic (exact) mass is 128 g/mol. The molecule has 0 aliphatic rings. The van der Waals surface area contributed by atoms with E-state index in [1.165, 1.54) is 5.56 Å². The SMILES string of the molecule is Cc1csc(CO)c1. The number of thiophene rings is 1. The van der Waals surface area contributed by atoms with Crippen molar-refractivity contribution < 1.29 is 5.11 Å². The van der Waals surface area contributed by atoms with Crippen molar-refractivity contribution in [1.29, 1.82) is 0 Å². The van der Waals surface area contributed by atoms with Gasteiger partial charge in [0, 0.05) is 4.88 Å². The van der Waals surface area contributed by atoms with Crippen LogP contribution in [-0.2, 0) is 6.61 Å². The van der Waals surface area contributed by atoms with E-state index in [0.29, 0.717) is 0 Å². The van der Waals surface area contributed by atoms with E-state index in [1.807, 2.05) is 18.4 Å². The Kier molecular flexibility index (Phi) is 1.65. The average molecular weight is 128 g/mol. The summed E-state index contributed by atoms with van der Waals surface area (Å²) in [5, 5.41) is 10.6. The molecule has 1 rings (SSSR count). The summed E-state index contributed by atoms with van der Waals surface area (Å²) in [6.07, 6.45) is 0. The van der Waals surface area contributed by atoms with Crippen LogP contribution in [-0.4, -0.2) is 5.11 Å². The third kappa shape index (κ3) is 1.08. The Hall–Kier alpha value is -0.340. The van der Waals surface area contributed by atoms with Crippen LogP contribution in [0.1, 0.15) is 10.4 Å². The molecule has 1 aromatic rings. The zero-order chi connectivity index (χ0) is 5.98. The van der Waals surface area contributed by atoms with Crippen molar-refractivity contribution in [3.05, 3.63) is 21.9 Å². The lowest BCUT2D eigenvalue weighted by Gasteiger charge is -1.79. The van der Waals surface area contributed by atoms with Gasteiger partial charge >= 0.3 is 0 Å². The van der Waals surface area contributed by atoms with Crippen molar-refractivity contribution in [2.24, 2.45) is 0 Å². The second-order valence-corrected chi connectivity index (χ2v) is 2.74. The Morgan fingerprint density at radius 1 is 1.75 bits per heavy atom. The number of rotatable bonds is 1. The highest BCUT2D eigenvalue weighted by molar-refractivity contribution is 7.10. The largest absolute Gasteiger partial charge is 0.391 e. The lowest BCUT2D eigenvalue weighted by molar-refractivity contribution is 0.285. The van der Waals surface area contributed by atoms with Gasteiger partial charge in [0.1, 0.15) is 0 Å². The van der Waals surface area contributed by atoms with Gasteiger partial charge in [0.15, 0.2) is 0 Å². The molecule has 2 heteroatoms. The highest BCUT2D eigenvalue weighted by Crippen LogP contribution is 2.12. The van der Waals surface area contributed by atoms with Crippen LogP contribution in [0.4, 0.5) is 0 Å². The van der Waals surface area contributed by atoms with E-state index in [9.17, 15) is 0 Å². The summed E-state index contributed by atoms with van der Waals surface area (Å²) in [7, 11) is 0. The second kappa shape index (κ2) is 2.29. The zero-order valence-corrected chi connectivity index (χ0v) is 5.53. The molecule has 1 heterocycles. The van der Waals surface area contributed by atoms with Gasteiger partial charge in [-0.25, -0.2) is 0 Å². The standard InChI is InChI=1S/C6H8OS/c1-5-2-6(3-7)8-4-5/h2,4,7H,3H2,1H3. The molecular weight excluding hydrogens is 120 g/mol. The maximum Gasteiger partial charge on any atom is 0.0774 e. The molecule has 0 saturated carbocycles. The Labute approximate surface area is 52.6 Å². The molecule has 8 heavy (non-hydrogen) atoms. The number of aryl methyl sites for hydroxylation is 1. The molecule has 0 unspecified atom stereocenters. The fourth-order valence-electron chi connectivity index (χ4n) is 0.574. The van der Waals surface area contributed by atoms with Gasteiger partial charge in [-0.05, 0) is 23.9 Å². The molecule has 44 valence electrons. The Morgan fingerprint density at radius 2 is 2.50 bits per heavy atom. The highest BCUT2D eigenvalue weighted by Gasteiger charge is 1.90. The molecule has 0 radical (unpaired) electrons. The summed E-state index contributed by atoms with van der Waals surface area (Å²) >= 11 is 1.60. The number of hydrogen-bond donors (Lipinski definition) is 1. The molecule has 0 fully saturated rings. The third-order valence-electron chi connectivity index (χ3n) is 0.941. The van der Waals surface area contributed by atoms with Crippen LogP contribution in [0.25, 0.3) is 0 Å². The molecule has 0 aliphatic heterocycles. The number of aliphatic hydroxyl groups excluding tert-OH is 1. The number of hydrogen-bond acceptors (Lipinski definition) is 2. The molecule has 0 aromatic carbocycles. The van der Waals surface area contributed by atoms with Crippen molar-refractivity contribution in [1.82, 2.24) is 0 Å². The fourth-order valence-corrected chi connectivity index (χ4v) is 1.31. The molecule has 0 atom stereocenters. The minimum absolute atomic E-state index is 0.179. The van der Waals surface area contributed by atoms with Crippen molar-refractivity contribution >= 4 is 11.3 Å². The summed E-state index contributed by atoms with van der Waals surface area (Å²) in [5.41, 5.74) is 1.24. The smallest absolute Gasteiger partial charge is 0.0774 e. The summed E-state index contributed by atoms with van der Waals surface area (Å²) < 4.78 is 0. The Bertz CT molecular complexity index is 169. The molecule has 1 N–H and O–H groups in total. The van der Waals surface area contributed by atoms with E-state index < -0.39 is 0 Å². The van der Waals surface area contributed by atoms with Crippen molar-refractivity contribution in [3.8, 4) is 0 Å². The average Bonchev–Trinajstić information content (AvgIpc) is 2.14. The van der Waals surface area contributed by atoms with E-state index in [2.05, 4.69) is 0 Å². The minimum atomic E-state index is 0.179. The van der Waals surface area contributed by atoms with Gasteiger partial charge in [0.25, 0.3) is 0 Å². The molecule has 0 spiro atoms. The van der Waals surface area contributed by atoms with Crippen molar-refractivity contribution in [2.75, 3.05) is 0 Å². The molecule has 0 aliphatic carbocycles. The Morgan fingerprint density at radius 3 is 2.75 bits per heavy atom. The molecular formula is C6H8OS. The topological polar surface area (TPSA) is 20.2 Å². The van der Waals surface area contributed by atoms with Crippen LogP contribution in [0, 0.1) is 6.92 Å². The molecule has 0 amide bonds. The first kappa shape index (κ1) is 5.79. The van der Waals surface area contributed by atoms with Gasteiger partial charge in [-0.2, -0.15) is 0 Å². The van der Waals surface area contributed by atoms with Crippen LogP contribution in [0.3, 0.4) is 0 Å². The van der Waals surface area contributed by atoms with Gasteiger partial charge in [-0.3, -0.25) is 0 Å². The molecule has 1 nitrogen and oxygen atoms in total. The number of aliphatic hydroxyl groups is 1. The molecule has 0 saturated heterocycles. The Balaban J connectivity index is 2.84. The molecule has 1 aromatic heterocycles. The minimum Gasteiger partial charge on any atom is -0.391 e. The van der Waals surface area contributed by atoms with Gasteiger partial charge in [-0.1, -0.05) is 0 Å². The van der Waals surface area contributed by atoms with E-state index in [4.69, 9.17) is 5.11 Å². The quantitative estimate of drug-likeness (QED) is 0.608. The predicted octanol–water partition coefficient (Wildman–Crippen LogP) is 1.55. The zero-order valence-electron chi connectivity index (χ0n) is 4.72.